The van der Waals surface area contributed by atoms with Crippen LogP contribution in [0.3, 0.4) is 0 Å². The number of carbonyl (C=O) groups excluding carboxylic acids is 2. The third kappa shape index (κ3) is 3.50. The Kier molecular flexibility index (Phi) is 5.31. The minimum atomic E-state index is -0.508. The third-order valence-corrected chi connectivity index (χ3v) is 6.33. The summed E-state index contributed by atoms with van der Waals surface area (Å²) in [6.07, 6.45) is 4.95. The van der Waals surface area contributed by atoms with Gasteiger partial charge in [-0.2, -0.15) is 0 Å². The van der Waals surface area contributed by atoms with Gasteiger partial charge in [-0.25, -0.2) is 0 Å². The molecule has 0 unspecified atom stereocenters. The van der Waals surface area contributed by atoms with E-state index in [1.165, 1.54) is 0 Å². The van der Waals surface area contributed by atoms with Crippen molar-refractivity contribution in [2.45, 2.75) is 38.1 Å². The Bertz CT molecular complexity index is 1190. The molecule has 2 atom stereocenters. The van der Waals surface area contributed by atoms with Gasteiger partial charge in [0.2, 0.25) is 5.91 Å². The van der Waals surface area contributed by atoms with Gasteiger partial charge in [0.05, 0.1) is 17.4 Å². The number of nitrogens with one attached hydrogen (secondary N) is 1. The fraction of sp³-hybridized carbons (Fsp3) is 0.222. The summed E-state index contributed by atoms with van der Waals surface area (Å²) in [4.78, 5) is 33.1. The van der Waals surface area contributed by atoms with Gasteiger partial charge in [-0.1, -0.05) is 55.5 Å². The highest BCUT2D eigenvalue weighted by Crippen LogP contribution is 2.47. The molecule has 5 nitrogen and oxygen atoms in total. The number of Topliss-reactive ketones (excluding diaryl/α,β-unsaturated/α-hetero) is 1. The molecule has 160 valence electrons. The predicted octanol–water partition coefficient (Wildman–Crippen LogP) is 5.39. The number of hydrogen-bond acceptors (Lipinski definition) is 4. The SMILES string of the molecule is CCC(=O)N1c2ccccc2NC2=C(C(=O)C[C@@H](c3ccccc3)C2)[C@@H]1c1cccnc1. The molecule has 1 aromatic heterocycles. The molecule has 0 saturated heterocycles. The average Bonchev–Trinajstić information content (AvgIpc) is 2.99. The summed E-state index contributed by atoms with van der Waals surface area (Å²) in [6.45, 7) is 1.85. The maximum atomic E-state index is 13.7. The van der Waals surface area contributed by atoms with Crippen LogP contribution in [0.4, 0.5) is 11.4 Å². The standard InChI is InChI=1S/C27H25N3O2/c1-2-25(32)30-23-13-7-6-12-21(23)29-22-15-20(18-9-4-3-5-10-18)16-24(31)26(22)27(30)19-11-8-14-28-17-19/h3-14,17,20,27,29H,2,15-16H2,1H3/t20-,27-/m0/s1. The van der Waals surface area contributed by atoms with Crippen LogP contribution in [0.1, 0.15) is 49.3 Å². The van der Waals surface area contributed by atoms with Crippen LogP contribution in [0.25, 0.3) is 0 Å². The monoisotopic (exact) mass is 423 g/mol. The second-order valence-corrected chi connectivity index (χ2v) is 8.28. The fourth-order valence-corrected chi connectivity index (χ4v) is 4.85. The number of ketones is 1. The van der Waals surface area contributed by atoms with E-state index in [9.17, 15) is 9.59 Å². The Labute approximate surface area is 187 Å². The number of carbonyl (C=O) groups is 2. The van der Waals surface area contributed by atoms with Crippen molar-refractivity contribution in [3.63, 3.8) is 0 Å². The van der Waals surface area contributed by atoms with Crippen molar-refractivity contribution in [3.05, 3.63) is 102 Å². The van der Waals surface area contributed by atoms with Crippen LogP contribution in [0, 0.1) is 0 Å². The number of fused-ring (bicyclic) bond motifs is 1. The van der Waals surface area contributed by atoms with E-state index in [1.807, 2.05) is 61.5 Å². The number of pyridine rings is 1. The number of benzene rings is 2. The Hall–Kier alpha value is -3.73. The van der Waals surface area contributed by atoms with Crippen molar-refractivity contribution in [2.24, 2.45) is 0 Å². The van der Waals surface area contributed by atoms with Crippen LogP contribution < -0.4 is 10.2 Å². The maximum absolute atomic E-state index is 13.7. The van der Waals surface area contributed by atoms with E-state index in [0.29, 0.717) is 24.8 Å². The van der Waals surface area contributed by atoms with Crippen LogP contribution in [-0.4, -0.2) is 16.7 Å². The smallest absolute Gasteiger partial charge is 0.227 e. The molecule has 2 aromatic carbocycles. The van der Waals surface area contributed by atoms with Gasteiger partial charge in [0, 0.05) is 36.5 Å². The molecular weight excluding hydrogens is 398 g/mol. The van der Waals surface area contributed by atoms with Crippen LogP contribution in [0.5, 0.6) is 0 Å². The van der Waals surface area contributed by atoms with Crippen molar-refractivity contribution < 1.29 is 9.59 Å². The molecule has 0 spiro atoms. The number of rotatable bonds is 3. The molecule has 0 radical (unpaired) electrons. The quantitative estimate of drug-likeness (QED) is 0.613. The van der Waals surface area contributed by atoms with E-state index in [-0.39, 0.29) is 17.6 Å². The lowest BCUT2D eigenvalue weighted by Crippen LogP contribution is -2.38. The van der Waals surface area contributed by atoms with Gasteiger partial charge in [-0.3, -0.25) is 19.5 Å². The zero-order valence-electron chi connectivity index (χ0n) is 18.0. The normalized spacial score (nSPS) is 20.2. The first-order valence-corrected chi connectivity index (χ1v) is 11.1. The molecule has 1 N–H and O–H groups in total. The lowest BCUT2D eigenvalue weighted by molar-refractivity contribution is -0.119. The molecule has 0 saturated carbocycles. The first kappa shape index (κ1) is 20.2. The van der Waals surface area contributed by atoms with E-state index in [4.69, 9.17) is 0 Å². The first-order chi connectivity index (χ1) is 15.7. The molecule has 0 fully saturated rings. The Morgan fingerprint density at radius 3 is 2.50 bits per heavy atom. The highest BCUT2D eigenvalue weighted by Gasteiger charge is 2.41. The highest BCUT2D eigenvalue weighted by molar-refractivity contribution is 6.06. The summed E-state index contributed by atoms with van der Waals surface area (Å²) in [5.41, 5.74) is 5.19. The second-order valence-electron chi connectivity index (χ2n) is 8.28. The number of aromatic nitrogens is 1. The van der Waals surface area contributed by atoms with E-state index in [2.05, 4.69) is 22.4 Å². The number of hydrogen-bond donors (Lipinski definition) is 1. The van der Waals surface area contributed by atoms with Gasteiger partial charge in [-0.05, 0) is 41.7 Å². The molecule has 1 aliphatic heterocycles. The lowest BCUT2D eigenvalue weighted by atomic mass is 9.78. The third-order valence-electron chi connectivity index (χ3n) is 6.33. The van der Waals surface area contributed by atoms with E-state index < -0.39 is 6.04 Å². The zero-order valence-corrected chi connectivity index (χ0v) is 18.0. The van der Waals surface area contributed by atoms with Gasteiger partial charge < -0.3 is 5.32 Å². The average molecular weight is 424 g/mol. The zero-order chi connectivity index (χ0) is 22.1. The van der Waals surface area contributed by atoms with Gasteiger partial charge in [-0.15, -0.1) is 0 Å². The summed E-state index contributed by atoms with van der Waals surface area (Å²) in [7, 11) is 0. The molecule has 3 aromatic rings. The van der Waals surface area contributed by atoms with Crippen molar-refractivity contribution in [3.8, 4) is 0 Å². The number of para-hydroxylation sites is 2. The molecule has 32 heavy (non-hydrogen) atoms. The van der Waals surface area contributed by atoms with Crippen molar-refractivity contribution in [1.82, 2.24) is 4.98 Å². The molecular formula is C27H25N3O2. The fourth-order valence-electron chi connectivity index (χ4n) is 4.85. The number of allylic oxidation sites excluding steroid dienone is 1. The van der Waals surface area contributed by atoms with Crippen molar-refractivity contribution in [1.29, 1.82) is 0 Å². The summed E-state index contributed by atoms with van der Waals surface area (Å²) in [5.74, 6) is 0.146. The van der Waals surface area contributed by atoms with Crippen LogP contribution in [0.2, 0.25) is 0 Å². The van der Waals surface area contributed by atoms with Crippen LogP contribution in [-0.2, 0) is 9.59 Å². The number of nitrogens with zero attached hydrogens (tertiary/aromatic N) is 2. The summed E-state index contributed by atoms with van der Waals surface area (Å²) in [5, 5.41) is 3.54. The lowest BCUT2D eigenvalue weighted by Gasteiger charge is -2.34. The molecule has 2 aliphatic rings. The molecule has 1 amide bonds. The van der Waals surface area contributed by atoms with Gasteiger partial charge in [0.1, 0.15) is 0 Å². The van der Waals surface area contributed by atoms with Crippen molar-refractivity contribution in [2.75, 3.05) is 10.2 Å². The van der Waals surface area contributed by atoms with Gasteiger partial charge in [0.25, 0.3) is 0 Å². The minimum absolute atomic E-state index is 0.0279. The Morgan fingerprint density at radius 2 is 1.75 bits per heavy atom. The summed E-state index contributed by atoms with van der Waals surface area (Å²) < 4.78 is 0. The molecule has 1 aliphatic carbocycles. The van der Waals surface area contributed by atoms with E-state index >= 15 is 0 Å². The summed E-state index contributed by atoms with van der Waals surface area (Å²) >= 11 is 0. The maximum Gasteiger partial charge on any atom is 0.227 e. The van der Waals surface area contributed by atoms with E-state index in [1.54, 1.807) is 17.3 Å². The van der Waals surface area contributed by atoms with Gasteiger partial charge >= 0.3 is 0 Å². The molecule has 0 bridgehead atoms. The Balaban J connectivity index is 1.71. The molecule has 5 heteroatoms. The van der Waals surface area contributed by atoms with Crippen molar-refractivity contribution >= 4 is 23.1 Å². The van der Waals surface area contributed by atoms with Crippen LogP contribution >= 0.6 is 0 Å². The topological polar surface area (TPSA) is 62.3 Å². The second kappa shape index (κ2) is 8.42. The molecule has 2 heterocycles. The van der Waals surface area contributed by atoms with E-state index in [0.717, 1.165) is 28.2 Å². The molecule has 5 rings (SSSR count). The summed E-state index contributed by atoms with van der Waals surface area (Å²) in [6, 6.07) is 21.3. The van der Waals surface area contributed by atoms with Gasteiger partial charge in [0.15, 0.2) is 5.78 Å². The largest absolute Gasteiger partial charge is 0.357 e. The first-order valence-electron chi connectivity index (χ1n) is 11.1. The van der Waals surface area contributed by atoms with Crippen LogP contribution in [0.15, 0.2) is 90.4 Å². The minimum Gasteiger partial charge on any atom is -0.357 e. The highest BCUT2D eigenvalue weighted by atomic mass is 16.2. The predicted molar refractivity (Wildman–Crippen MR) is 125 cm³/mol. The number of amides is 1. The Morgan fingerprint density at radius 1 is 1.00 bits per heavy atom. The number of anilines is 2.